The minimum atomic E-state index is -0.365. The fourth-order valence-corrected chi connectivity index (χ4v) is 2.95. The number of hydrogen-bond donors (Lipinski definition) is 0. The molecule has 1 aliphatic carbocycles. The van der Waals surface area contributed by atoms with Crippen molar-refractivity contribution in [2.24, 2.45) is 0 Å². The maximum Gasteiger partial charge on any atom is 0.162 e. The summed E-state index contributed by atoms with van der Waals surface area (Å²) in [5.74, 6) is 0.694. The Labute approximate surface area is 126 Å². The third kappa shape index (κ3) is 2.64. The minimum Gasteiger partial charge on any atom is -0.378 e. The van der Waals surface area contributed by atoms with E-state index in [1.54, 1.807) is 14.2 Å². The predicted molar refractivity (Wildman–Crippen MR) is 77.6 cm³/mol. The zero-order chi connectivity index (χ0) is 13.2. The average Bonchev–Trinajstić information content (AvgIpc) is 2.85. The van der Waals surface area contributed by atoms with Gasteiger partial charge in [0.2, 0.25) is 0 Å². The van der Waals surface area contributed by atoms with Gasteiger partial charge in [-0.15, -0.1) is 0 Å². The monoisotopic (exact) mass is 382 g/mol. The van der Waals surface area contributed by atoms with E-state index in [9.17, 15) is 0 Å². The van der Waals surface area contributed by atoms with Crippen molar-refractivity contribution in [3.63, 3.8) is 0 Å². The molecule has 1 heterocycles. The highest BCUT2D eigenvalue weighted by Gasteiger charge is 2.39. The van der Waals surface area contributed by atoms with Crippen LogP contribution in [-0.2, 0) is 21.7 Å². The highest BCUT2D eigenvalue weighted by atomic mass is 127. The standard InChI is InChI=1S/C12H16ClIN2O2/c1-17-7-8-9(14)10(13)16-11(15-8)12(18-2)5-3-4-6-12/h3-7H2,1-2H3. The lowest BCUT2D eigenvalue weighted by atomic mass is 10.0. The molecule has 0 aromatic carbocycles. The van der Waals surface area contributed by atoms with Crippen molar-refractivity contribution in [2.75, 3.05) is 14.2 Å². The van der Waals surface area contributed by atoms with Crippen LogP contribution < -0.4 is 0 Å². The van der Waals surface area contributed by atoms with Gasteiger partial charge in [-0.1, -0.05) is 11.6 Å². The van der Waals surface area contributed by atoms with Crippen molar-refractivity contribution in [1.82, 2.24) is 9.97 Å². The van der Waals surface area contributed by atoms with Crippen LogP contribution in [-0.4, -0.2) is 24.2 Å². The summed E-state index contributed by atoms with van der Waals surface area (Å²) >= 11 is 8.33. The molecule has 1 saturated carbocycles. The van der Waals surface area contributed by atoms with E-state index in [-0.39, 0.29) is 5.60 Å². The maximum absolute atomic E-state index is 6.18. The van der Waals surface area contributed by atoms with Gasteiger partial charge in [0.15, 0.2) is 5.82 Å². The smallest absolute Gasteiger partial charge is 0.162 e. The van der Waals surface area contributed by atoms with E-state index in [1.165, 1.54) is 0 Å². The SMILES string of the molecule is COCc1nc(C2(OC)CCCC2)nc(Cl)c1I. The van der Waals surface area contributed by atoms with E-state index >= 15 is 0 Å². The molecule has 1 aromatic rings. The predicted octanol–water partition coefficient (Wildman–Crippen LogP) is 3.30. The van der Waals surface area contributed by atoms with Crippen molar-refractivity contribution in [1.29, 1.82) is 0 Å². The number of halogens is 2. The molecule has 0 N–H and O–H groups in total. The highest BCUT2D eigenvalue weighted by Crippen LogP contribution is 2.40. The van der Waals surface area contributed by atoms with Gasteiger partial charge in [0, 0.05) is 14.2 Å². The molecule has 2 rings (SSSR count). The Morgan fingerprint density at radius 3 is 2.50 bits per heavy atom. The summed E-state index contributed by atoms with van der Waals surface area (Å²) in [5, 5.41) is 0.482. The number of hydrogen-bond acceptors (Lipinski definition) is 4. The Hall–Kier alpha value is 0.0200. The van der Waals surface area contributed by atoms with Gasteiger partial charge < -0.3 is 9.47 Å². The van der Waals surface area contributed by atoms with Crippen LogP contribution in [0.5, 0.6) is 0 Å². The van der Waals surface area contributed by atoms with Gasteiger partial charge in [-0.25, -0.2) is 9.97 Å². The van der Waals surface area contributed by atoms with Gasteiger partial charge in [0.1, 0.15) is 10.8 Å². The van der Waals surface area contributed by atoms with E-state index in [0.717, 1.165) is 34.9 Å². The largest absolute Gasteiger partial charge is 0.378 e. The first-order chi connectivity index (χ1) is 8.63. The lowest BCUT2D eigenvalue weighted by Crippen LogP contribution is -2.28. The van der Waals surface area contributed by atoms with Crippen LogP contribution in [0.2, 0.25) is 5.15 Å². The van der Waals surface area contributed by atoms with Crippen LogP contribution in [0.3, 0.4) is 0 Å². The molecule has 1 aromatic heterocycles. The first-order valence-corrected chi connectivity index (χ1v) is 7.35. The molecule has 0 amide bonds. The molecule has 0 aliphatic heterocycles. The van der Waals surface area contributed by atoms with Crippen LogP contribution in [0.25, 0.3) is 0 Å². The number of rotatable bonds is 4. The van der Waals surface area contributed by atoms with Crippen molar-refractivity contribution < 1.29 is 9.47 Å². The van der Waals surface area contributed by atoms with Crippen LogP contribution in [0, 0.1) is 3.57 Å². The quantitative estimate of drug-likeness (QED) is 0.592. The van der Waals surface area contributed by atoms with Gasteiger partial charge >= 0.3 is 0 Å². The first-order valence-electron chi connectivity index (χ1n) is 5.89. The summed E-state index contributed by atoms with van der Waals surface area (Å²) in [6, 6.07) is 0. The molecule has 1 fully saturated rings. The van der Waals surface area contributed by atoms with Crippen LogP contribution in [0.4, 0.5) is 0 Å². The summed E-state index contributed by atoms with van der Waals surface area (Å²) in [7, 11) is 3.37. The topological polar surface area (TPSA) is 44.2 Å². The summed E-state index contributed by atoms with van der Waals surface area (Å²) in [6.07, 6.45) is 4.18. The van der Waals surface area contributed by atoms with Crippen molar-refractivity contribution in [2.45, 2.75) is 37.9 Å². The fourth-order valence-electron chi connectivity index (χ4n) is 2.36. The lowest BCUT2D eigenvalue weighted by Gasteiger charge is -2.26. The second-order valence-corrected chi connectivity index (χ2v) is 5.87. The van der Waals surface area contributed by atoms with Crippen molar-refractivity contribution >= 4 is 34.2 Å². The molecular weight excluding hydrogens is 367 g/mol. The molecular formula is C12H16ClIN2O2. The van der Waals surface area contributed by atoms with Crippen molar-refractivity contribution in [3.05, 3.63) is 20.2 Å². The minimum absolute atomic E-state index is 0.365. The molecule has 1 aliphatic rings. The van der Waals surface area contributed by atoms with E-state index < -0.39 is 0 Å². The van der Waals surface area contributed by atoms with Gasteiger partial charge in [0.05, 0.1) is 15.9 Å². The summed E-state index contributed by atoms with van der Waals surface area (Å²) in [5.41, 5.74) is 0.465. The second kappa shape index (κ2) is 5.98. The molecule has 0 unspecified atom stereocenters. The molecule has 0 saturated heterocycles. The van der Waals surface area contributed by atoms with Crippen LogP contribution in [0.1, 0.15) is 37.2 Å². The maximum atomic E-state index is 6.18. The Bertz CT molecular complexity index is 436. The van der Waals surface area contributed by atoms with E-state index in [4.69, 9.17) is 21.1 Å². The third-order valence-corrected chi connectivity index (χ3v) is 5.10. The van der Waals surface area contributed by atoms with Gasteiger partial charge in [-0.2, -0.15) is 0 Å². The summed E-state index contributed by atoms with van der Waals surface area (Å²) in [6.45, 7) is 0.438. The fraction of sp³-hybridized carbons (Fsp3) is 0.667. The molecule has 0 bridgehead atoms. The molecule has 0 radical (unpaired) electrons. The first kappa shape index (κ1) is 14.4. The number of aromatic nitrogens is 2. The van der Waals surface area contributed by atoms with E-state index in [1.807, 2.05) is 0 Å². The summed E-state index contributed by atoms with van der Waals surface area (Å²) < 4.78 is 11.7. The van der Waals surface area contributed by atoms with Gasteiger partial charge in [0.25, 0.3) is 0 Å². The zero-order valence-corrected chi connectivity index (χ0v) is 13.4. The average molecular weight is 383 g/mol. The third-order valence-electron chi connectivity index (χ3n) is 3.37. The van der Waals surface area contributed by atoms with Gasteiger partial charge in [-0.05, 0) is 48.3 Å². The number of methoxy groups -OCH3 is 2. The molecule has 0 spiro atoms. The normalized spacial score (nSPS) is 18.2. The summed E-state index contributed by atoms with van der Waals surface area (Å²) in [4.78, 5) is 9.00. The molecule has 6 heteroatoms. The van der Waals surface area contributed by atoms with Crippen LogP contribution in [0.15, 0.2) is 0 Å². The zero-order valence-electron chi connectivity index (χ0n) is 10.5. The molecule has 0 atom stereocenters. The Morgan fingerprint density at radius 1 is 1.28 bits per heavy atom. The van der Waals surface area contributed by atoms with Crippen molar-refractivity contribution in [3.8, 4) is 0 Å². The van der Waals surface area contributed by atoms with E-state index in [2.05, 4.69) is 32.6 Å². The van der Waals surface area contributed by atoms with Gasteiger partial charge in [-0.3, -0.25) is 0 Å². The van der Waals surface area contributed by atoms with Crippen LogP contribution >= 0.6 is 34.2 Å². The Balaban J connectivity index is 2.44. The number of ether oxygens (including phenoxy) is 2. The molecule has 18 heavy (non-hydrogen) atoms. The Kier molecular flexibility index (Phi) is 4.80. The highest BCUT2D eigenvalue weighted by molar-refractivity contribution is 14.1. The van der Waals surface area contributed by atoms with E-state index in [0.29, 0.717) is 17.6 Å². The lowest BCUT2D eigenvalue weighted by molar-refractivity contribution is -0.0167. The number of nitrogens with zero attached hydrogens (tertiary/aromatic N) is 2. The molecule has 4 nitrogen and oxygen atoms in total. The Morgan fingerprint density at radius 2 is 1.94 bits per heavy atom. The second-order valence-electron chi connectivity index (χ2n) is 4.44. The molecule has 100 valence electrons.